The van der Waals surface area contributed by atoms with E-state index in [4.69, 9.17) is 0 Å². The molecule has 0 bridgehead atoms. The number of piperidine rings is 1. The van der Waals surface area contributed by atoms with Crippen molar-refractivity contribution in [2.75, 3.05) is 13.1 Å². The predicted octanol–water partition coefficient (Wildman–Crippen LogP) is 3.55. The molecule has 25 heavy (non-hydrogen) atoms. The second-order valence-electron chi connectivity index (χ2n) is 6.80. The zero-order chi connectivity index (χ0) is 17.1. The topological polar surface area (TPSA) is 57.7 Å². The number of aromatic amines is 1. The van der Waals surface area contributed by atoms with Crippen molar-refractivity contribution in [3.63, 3.8) is 0 Å². The summed E-state index contributed by atoms with van der Waals surface area (Å²) < 4.78 is 0. The molecule has 1 aliphatic heterocycles. The average Bonchev–Trinajstić information content (AvgIpc) is 3.11. The summed E-state index contributed by atoms with van der Waals surface area (Å²) >= 11 is 0. The van der Waals surface area contributed by atoms with E-state index in [0.717, 1.165) is 36.7 Å². The summed E-state index contributed by atoms with van der Waals surface area (Å²) in [6, 6.07) is 10.4. The van der Waals surface area contributed by atoms with Crippen molar-refractivity contribution in [3.05, 3.63) is 65.9 Å². The molecular weight excluding hydrogens is 310 g/mol. The van der Waals surface area contributed by atoms with Crippen molar-refractivity contribution >= 4 is 0 Å². The molecule has 4 rings (SSSR count). The zero-order valence-corrected chi connectivity index (χ0v) is 14.5. The molecule has 1 fully saturated rings. The Hall–Kier alpha value is -2.53. The van der Waals surface area contributed by atoms with Gasteiger partial charge in [0.25, 0.3) is 0 Å². The van der Waals surface area contributed by atoms with Crippen LogP contribution in [0.4, 0.5) is 0 Å². The second-order valence-corrected chi connectivity index (χ2v) is 6.80. The van der Waals surface area contributed by atoms with Crippen LogP contribution in [0, 0.1) is 6.92 Å². The number of likely N-dealkylation sites (tertiary alicyclic amines) is 1. The Morgan fingerprint density at radius 3 is 2.88 bits per heavy atom. The predicted molar refractivity (Wildman–Crippen MR) is 98.0 cm³/mol. The van der Waals surface area contributed by atoms with Gasteiger partial charge in [-0.15, -0.1) is 0 Å². The molecule has 0 aliphatic carbocycles. The fourth-order valence-corrected chi connectivity index (χ4v) is 3.65. The molecule has 2 aromatic heterocycles. The third-order valence-corrected chi connectivity index (χ3v) is 4.87. The lowest BCUT2D eigenvalue weighted by Crippen LogP contribution is -2.34. The molecule has 1 unspecified atom stereocenters. The number of benzene rings is 1. The van der Waals surface area contributed by atoms with Crippen LogP contribution in [0.2, 0.25) is 0 Å². The zero-order valence-electron chi connectivity index (χ0n) is 14.5. The lowest BCUT2D eigenvalue weighted by atomic mass is 9.94. The molecule has 1 aliphatic rings. The van der Waals surface area contributed by atoms with Crippen molar-refractivity contribution in [2.24, 2.45) is 0 Å². The van der Waals surface area contributed by atoms with Gasteiger partial charge in [-0.25, -0.2) is 0 Å². The molecule has 128 valence electrons. The van der Waals surface area contributed by atoms with E-state index in [1.165, 1.54) is 24.0 Å². The third-order valence-electron chi connectivity index (χ3n) is 4.87. The van der Waals surface area contributed by atoms with E-state index in [-0.39, 0.29) is 0 Å². The number of nitrogens with zero attached hydrogens (tertiary/aromatic N) is 4. The maximum Gasteiger partial charge on any atom is 0.0695 e. The van der Waals surface area contributed by atoms with Crippen LogP contribution in [0.15, 0.2) is 48.9 Å². The maximum atomic E-state index is 4.69. The van der Waals surface area contributed by atoms with Gasteiger partial charge in [0.05, 0.1) is 23.3 Å². The lowest BCUT2D eigenvalue weighted by Gasteiger charge is -2.32. The molecule has 0 radical (unpaired) electrons. The van der Waals surface area contributed by atoms with Gasteiger partial charge in [0, 0.05) is 37.0 Å². The van der Waals surface area contributed by atoms with E-state index in [0.29, 0.717) is 5.92 Å². The maximum absolute atomic E-state index is 4.69. The largest absolute Gasteiger partial charge is 0.298 e. The van der Waals surface area contributed by atoms with Gasteiger partial charge in [-0.05, 0) is 31.9 Å². The van der Waals surface area contributed by atoms with Crippen molar-refractivity contribution in [3.8, 4) is 11.3 Å². The molecule has 5 heteroatoms. The van der Waals surface area contributed by atoms with Crippen molar-refractivity contribution in [1.29, 1.82) is 0 Å². The van der Waals surface area contributed by atoms with Crippen LogP contribution >= 0.6 is 0 Å². The smallest absolute Gasteiger partial charge is 0.0695 e. The molecule has 0 amide bonds. The third kappa shape index (κ3) is 3.61. The molecule has 0 spiro atoms. The highest BCUT2D eigenvalue weighted by molar-refractivity contribution is 5.62. The second kappa shape index (κ2) is 7.15. The van der Waals surface area contributed by atoms with Crippen molar-refractivity contribution in [1.82, 2.24) is 25.1 Å². The Morgan fingerprint density at radius 1 is 1.16 bits per heavy atom. The van der Waals surface area contributed by atoms with E-state index in [1.807, 2.05) is 31.6 Å². The average molecular weight is 333 g/mol. The van der Waals surface area contributed by atoms with Crippen molar-refractivity contribution in [2.45, 2.75) is 32.2 Å². The number of nitrogens with one attached hydrogen (secondary N) is 1. The highest BCUT2D eigenvalue weighted by Gasteiger charge is 2.23. The van der Waals surface area contributed by atoms with Gasteiger partial charge >= 0.3 is 0 Å². The summed E-state index contributed by atoms with van der Waals surface area (Å²) in [5.74, 6) is 0.466. The first-order valence-corrected chi connectivity index (χ1v) is 8.88. The van der Waals surface area contributed by atoms with Gasteiger partial charge in [-0.2, -0.15) is 5.10 Å². The molecular formula is C20H23N5. The van der Waals surface area contributed by atoms with Crippen LogP contribution in [-0.4, -0.2) is 38.2 Å². The number of H-pyrrole nitrogens is 1. The van der Waals surface area contributed by atoms with Crippen molar-refractivity contribution < 1.29 is 0 Å². The van der Waals surface area contributed by atoms with Crippen LogP contribution in [0.25, 0.3) is 11.3 Å². The van der Waals surface area contributed by atoms with Crippen LogP contribution in [-0.2, 0) is 6.54 Å². The highest BCUT2D eigenvalue weighted by atomic mass is 15.2. The molecule has 3 aromatic rings. The number of hydrogen-bond donors (Lipinski definition) is 1. The Bertz CT molecular complexity index is 827. The minimum absolute atomic E-state index is 0.466. The Morgan fingerprint density at radius 2 is 2.04 bits per heavy atom. The number of hydrogen-bond acceptors (Lipinski definition) is 4. The Kier molecular flexibility index (Phi) is 4.57. The van der Waals surface area contributed by atoms with Crippen LogP contribution < -0.4 is 0 Å². The van der Waals surface area contributed by atoms with Crippen LogP contribution in [0.3, 0.4) is 0 Å². The summed E-state index contributed by atoms with van der Waals surface area (Å²) in [5, 5.41) is 7.44. The van der Waals surface area contributed by atoms with Gasteiger partial charge in [0.2, 0.25) is 0 Å². The lowest BCUT2D eigenvalue weighted by molar-refractivity contribution is 0.198. The van der Waals surface area contributed by atoms with Crippen LogP contribution in [0.1, 0.15) is 35.7 Å². The summed E-state index contributed by atoms with van der Waals surface area (Å²) in [4.78, 5) is 11.5. The summed E-state index contributed by atoms with van der Waals surface area (Å²) in [6.45, 7) is 5.07. The van der Waals surface area contributed by atoms with E-state index < -0.39 is 0 Å². The normalized spacial score (nSPS) is 18.4. The minimum Gasteiger partial charge on any atom is -0.298 e. The summed E-state index contributed by atoms with van der Waals surface area (Å²) in [7, 11) is 0. The van der Waals surface area contributed by atoms with E-state index in [9.17, 15) is 0 Å². The first-order valence-electron chi connectivity index (χ1n) is 8.88. The monoisotopic (exact) mass is 333 g/mol. The highest BCUT2D eigenvalue weighted by Crippen LogP contribution is 2.28. The van der Waals surface area contributed by atoms with Gasteiger partial charge < -0.3 is 0 Å². The first-order chi connectivity index (χ1) is 12.3. The molecule has 1 atom stereocenters. The quantitative estimate of drug-likeness (QED) is 0.793. The van der Waals surface area contributed by atoms with Gasteiger partial charge in [0.15, 0.2) is 0 Å². The number of aryl methyl sites for hydroxylation is 1. The molecule has 3 heterocycles. The fraction of sp³-hybridized carbons (Fsp3) is 0.350. The minimum atomic E-state index is 0.466. The molecule has 1 N–H and O–H groups in total. The number of aromatic nitrogens is 4. The molecule has 1 saturated heterocycles. The number of rotatable bonds is 4. The summed E-state index contributed by atoms with van der Waals surface area (Å²) in [6.07, 6.45) is 8.08. The Labute approximate surface area is 148 Å². The van der Waals surface area contributed by atoms with Gasteiger partial charge in [-0.1, -0.05) is 30.3 Å². The van der Waals surface area contributed by atoms with Crippen LogP contribution in [0.5, 0.6) is 0 Å². The van der Waals surface area contributed by atoms with E-state index in [1.54, 1.807) is 0 Å². The first kappa shape index (κ1) is 16.0. The SMILES string of the molecule is Cc1cncc(C2CCCN(Cc3cn[nH]c3-c3ccccc3)C2)n1. The molecule has 5 nitrogen and oxygen atoms in total. The summed E-state index contributed by atoms with van der Waals surface area (Å²) in [5.41, 5.74) is 5.68. The fourth-order valence-electron chi connectivity index (χ4n) is 3.65. The standard InChI is InChI=1S/C20H23N5/c1-15-10-21-12-19(23-15)17-8-5-9-25(13-17)14-18-11-22-24-20(18)16-6-3-2-4-7-16/h2-4,6-7,10-12,17H,5,8-9,13-14H2,1H3,(H,22,24). The van der Waals surface area contributed by atoms with E-state index >= 15 is 0 Å². The Balaban J connectivity index is 1.49. The van der Waals surface area contributed by atoms with Gasteiger partial charge in [-0.3, -0.25) is 20.0 Å². The molecule has 1 aromatic carbocycles. The molecule has 0 saturated carbocycles. The van der Waals surface area contributed by atoms with Gasteiger partial charge in [0.1, 0.15) is 0 Å². The van der Waals surface area contributed by atoms with E-state index in [2.05, 4.69) is 49.3 Å².